The lowest BCUT2D eigenvalue weighted by molar-refractivity contribution is -0.147. The number of para-hydroxylation sites is 1. The maximum Gasteiger partial charge on any atom is 0.306 e. The molecular formula is C24H26N2O4. The first kappa shape index (κ1) is 21.3. The van der Waals surface area contributed by atoms with Crippen molar-refractivity contribution in [3.8, 4) is 0 Å². The molecule has 2 atom stereocenters. The number of hydrogen-bond acceptors (Lipinski definition) is 4. The van der Waals surface area contributed by atoms with Crippen LogP contribution in [-0.2, 0) is 14.3 Å². The van der Waals surface area contributed by atoms with E-state index in [1.165, 1.54) is 0 Å². The molecule has 0 saturated carbocycles. The van der Waals surface area contributed by atoms with Crippen LogP contribution in [0.5, 0.6) is 0 Å². The summed E-state index contributed by atoms with van der Waals surface area (Å²) in [6, 6.07) is 16.2. The van der Waals surface area contributed by atoms with Gasteiger partial charge in [-0.15, -0.1) is 0 Å². The van der Waals surface area contributed by atoms with E-state index >= 15 is 0 Å². The van der Waals surface area contributed by atoms with Gasteiger partial charge in [0.2, 0.25) is 0 Å². The topological polar surface area (TPSA) is 84.5 Å². The summed E-state index contributed by atoms with van der Waals surface area (Å²) in [6.45, 7) is 1.51. The van der Waals surface area contributed by atoms with E-state index in [2.05, 4.69) is 10.6 Å². The predicted molar refractivity (Wildman–Crippen MR) is 115 cm³/mol. The number of ether oxygens (including phenoxy) is 1. The maximum atomic E-state index is 12.7. The van der Waals surface area contributed by atoms with E-state index in [0.717, 1.165) is 18.4 Å². The van der Waals surface area contributed by atoms with Crippen LogP contribution in [-0.4, -0.2) is 24.4 Å². The van der Waals surface area contributed by atoms with Crippen LogP contribution in [0, 0.1) is 5.92 Å². The molecule has 2 amide bonds. The van der Waals surface area contributed by atoms with Gasteiger partial charge in [-0.3, -0.25) is 14.4 Å². The van der Waals surface area contributed by atoms with Crippen LogP contribution in [0.1, 0.15) is 48.1 Å². The van der Waals surface area contributed by atoms with Gasteiger partial charge in [-0.2, -0.15) is 0 Å². The Hall–Kier alpha value is -3.41. The van der Waals surface area contributed by atoms with Crippen LogP contribution in [0.4, 0.5) is 5.69 Å². The van der Waals surface area contributed by atoms with Crippen molar-refractivity contribution in [2.45, 2.75) is 32.2 Å². The fraction of sp³-hybridized carbons (Fsp3) is 0.292. The zero-order chi connectivity index (χ0) is 21.3. The lowest BCUT2D eigenvalue weighted by Gasteiger charge is -2.16. The Labute approximate surface area is 176 Å². The van der Waals surface area contributed by atoms with Crippen molar-refractivity contribution in [1.82, 2.24) is 5.32 Å². The largest absolute Gasteiger partial charge is 0.456 e. The second-order valence-corrected chi connectivity index (χ2v) is 7.33. The van der Waals surface area contributed by atoms with Crippen molar-refractivity contribution in [1.29, 1.82) is 0 Å². The highest BCUT2D eigenvalue weighted by molar-refractivity contribution is 6.04. The van der Waals surface area contributed by atoms with Crippen molar-refractivity contribution in [3.05, 3.63) is 77.9 Å². The van der Waals surface area contributed by atoms with E-state index in [-0.39, 0.29) is 30.9 Å². The third-order valence-corrected chi connectivity index (χ3v) is 5.00. The summed E-state index contributed by atoms with van der Waals surface area (Å²) in [5, 5.41) is 5.60. The van der Waals surface area contributed by atoms with E-state index in [4.69, 9.17) is 4.74 Å². The first-order valence-corrected chi connectivity index (χ1v) is 10.1. The number of esters is 1. The third kappa shape index (κ3) is 6.04. The molecule has 1 aliphatic carbocycles. The van der Waals surface area contributed by atoms with Crippen LogP contribution in [0.15, 0.2) is 66.7 Å². The molecular weight excluding hydrogens is 380 g/mol. The van der Waals surface area contributed by atoms with Gasteiger partial charge in [-0.25, -0.2) is 0 Å². The zero-order valence-corrected chi connectivity index (χ0v) is 17.0. The first-order chi connectivity index (χ1) is 14.5. The predicted octanol–water partition coefficient (Wildman–Crippen LogP) is 4.02. The van der Waals surface area contributed by atoms with Gasteiger partial charge in [0.05, 0.1) is 23.7 Å². The molecule has 156 valence electrons. The molecule has 0 unspecified atom stereocenters. The summed E-state index contributed by atoms with van der Waals surface area (Å²) in [6.07, 6.45) is 6.24. The van der Waals surface area contributed by atoms with Gasteiger partial charge in [-0.05, 0) is 43.4 Å². The van der Waals surface area contributed by atoms with Crippen LogP contribution < -0.4 is 10.6 Å². The summed E-state index contributed by atoms with van der Waals surface area (Å²) < 4.78 is 5.08. The Morgan fingerprint density at radius 3 is 2.53 bits per heavy atom. The number of carbonyl (C=O) groups is 3. The normalized spacial score (nSPS) is 16.0. The summed E-state index contributed by atoms with van der Waals surface area (Å²) >= 11 is 0. The van der Waals surface area contributed by atoms with E-state index in [1.807, 2.05) is 49.4 Å². The quantitative estimate of drug-likeness (QED) is 0.512. The third-order valence-electron chi connectivity index (χ3n) is 5.00. The lowest BCUT2D eigenvalue weighted by Crippen LogP contribution is -2.28. The molecule has 2 aromatic rings. The Kier molecular flexibility index (Phi) is 7.38. The number of nitrogens with one attached hydrogen (secondary N) is 2. The van der Waals surface area contributed by atoms with Crippen molar-refractivity contribution in [2.75, 3.05) is 11.9 Å². The molecule has 2 aromatic carbocycles. The summed E-state index contributed by atoms with van der Waals surface area (Å²) in [5.41, 5.74) is 1.70. The highest BCUT2D eigenvalue weighted by Crippen LogP contribution is 2.21. The van der Waals surface area contributed by atoms with Gasteiger partial charge in [-0.1, -0.05) is 54.6 Å². The molecule has 6 nitrogen and oxygen atoms in total. The molecule has 0 fully saturated rings. The SMILES string of the molecule is C[C@H](NC(=O)c1ccccc1NC(=O)COC(=O)C[C@@H]1C=CCC1)c1ccccc1. The number of rotatable bonds is 8. The molecule has 6 heteroatoms. The minimum atomic E-state index is -0.485. The summed E-state index contributed by atoms with van der Waals surface area (Å²) in [4.78, 5) is 36.9. The highest BCUT2D eigenvalue weighted by Gasteiger charge is 2.18. The molecule has 0 saturated heterocycles. The molecule has 0 aromatic heterocycles. The fourth-order valence-corrected chi connectivity index (χ4v) is 3.36. The molecule has 0 aliphatic heterocycles. The number of benzene rings is 2. The molecule has 0 heterocycles. The van der Waals surface area contributed by atoms with Gasteiger partial charge in [0, 0.05) is 0 Å². The van der Waals surface area contributed by atoms with E-state index < -0.39 is 11.9 Å². The zero-order valence-electron chi connectivity index (χ0n) is 17.0. The smallest absolute Gasteiger partial charge is 0.306 e. The van der Waals surface area contributed by atoms with Gasteiger partial charge in [0.1, 0.15) is 0 Å². The highest BCUT2D eigenvalue weighted by atomic mass is 16.5. The van der Waals surface area contributed by atoms with Crippen molar-refractivity contribution < 1.29 is 19.1 Å². The Bertz CT molecular complexity index is 924. The molecule has 3 rings (SSSR count). The molecule has 2 N–H and O–H groups in total. The Balaban J connectivity index is 1.55. The maximum absolute atomic E-state index is 12.7. The first-order valence-electron chi connectivity index (χ1n) is 10.1. The number of hydrogen-bond donors (Lipinski definition) is 2. The van der Waals surface area contributed by atoms with E-state index in [9.17, 15) is 14.4 Å². The van der Waals surface area contributed by atoms with Crippen LogP contribution in [0.3, 0.4) is 0 Å². The Morgan fingerprint density at radius 2 is 1.80 bits per heavy atom. The van der Waals surface area contributed by atoms with Gasteiger partial charge >= 0.3 is 5.97 Å². The second kappa shape index (κ2) is 10.4. The van der Waals surface area contributed by atoms with E-state index in [1.54, 1.807) is 24.3 Å². The average Bonchev–Trinajstić information content (AvgIpc) is 3.26. The number of allylic oxidation sites excluding steroid dienone is 2. The van der Waals surface area contributed by atoms with Crippen molar-refractivity contribution >= 4 is 23.5 Å². The van der Waals surface area contributed by atoms with Gasteiger partial charge in [0.15, 0.2) is 6.61 Å². The fourth-order valence-electron chi connectivity index (χ4n) is 3.36. The minimum Gasteiger partial charge on any atom is -0.456 e. The monoisotopic (exact) mass is 406 g/mol. The Morgan fingerprint density at radius 1 is 1.07 bits per heavy atom. The summed E-state index contributed by atoms with van der Waals surface area (Å²) in [5.74, 6) is -0.991. The summed E-state index contributed by atoms with van der Waals surface area (Å²) in [7, 11) is 0. The average molecular weight is 406 g/mol. The standard InChI is InChI=1S/C24H26N2O4/c1-17(19-11-3-2-4-12-19)25-24(29)20-13-7-8-14-21(20)26-22(27)16-30-23(28)15-18-9-5-6-10-18/h2-5,7-9,11-14,17-18H,6,10,15-16H2,1H3,(H,25,29)(H,26,27)/t17-,18+/m0/s1. The molecule has 1 aliphatic rings. The van der Waals surface area contributed by atoms with Gasteiger partial charge in [0.25, 0.3) is 11.8 Å². The van der Waals surface area contributed by atoms with Gasteiger partial charge < -0.3 is 15.4 Å². The number of carbonyl (C=O) groups excluding carboxylic acids is 3. The van der Waals surface area contributed by atoms with Crippen LogP contribution in [0.25, 0.3) is 0 Å². The second-order valence-electron chi connectivity index (χ2n) is 7.33. The van der Waals surface area contributed by atoms with Crippen molar-refractivity contribution in [2.24, 2.45) is 5.92 Å². The number of anilines is 1. The lowest BCUT2D eigenvalue weighted by atomic mass is 10.1. The number of amides is 2. The van der Waals surface area contributed by atoms with Crippen LogP contribution in [0.2, 0.25) is 0 Å². The van der Waals surface area contributed by atoms with E-state index in [0.29, 0.717) is 11.3 Å². The molecule has 0 bridgehead atoms. The molecule has 30 heavy (non-hydrogen) atoms. The van der Waals surface area contributed by atoms with Crippen molar-refractivity contribution in [3.63, 3.8) is 0 Å². The molecule has 0 radical (unpaired) electrons. The molecule has 0 spiro atoms. The van der Waals surface area contributed by atoms with Crippen LogP contribution >= 0.6 is 0 Å². The minimum absolute atomic E-state index is 0.187.